The smallest absolute Gasteiger partial charge is 0.248 e. The molecule has 1 aromatic heterocycles. The average Bonchev–Trinajstić information content (AvgIpc) is 3.67. The van der Waals surface area contributed by atoms with E-state index in [-0.39, 0.29) is 24.1 Å². The minimum Gasteiger partial charge on any atom is -0.394 e. The minimum atomic E-state index is -2.97. The third kappa shape index (κ3) is 6.75. The number of ether oxygens (including phenoxy) is 2. The lowest BCUT2D eigenvalue weighted by molar-refractivity contribution is -0.186. The van der Waals surface area contributed by atoms with Gasteiger partial charge < -0.3 is 29.7 Å². The van der Waals surface area contributed by atoms with Crippen molar-refractivity contribution in [2.45, 2.75) is 85.1 Å². The normalized spacial score (nSPS) is 28.9. The van der Waals surface area contributed by atoms with Crippen molar-refractivity contribution >= 4 is 17.7 Å². The topological polar surface area (TPSA) is 130 Å². The van der Waals surface area contributed by atoms with Crippen LogP contribution in [0, 0.1) is 23.4 Å². The fraction of sp³-hybridized carbons (Fsp3) is 0.679. The van der Waals surface area contributed by atoms with Crippen molar-refractivity contribution in [3.8, 4) is 11.3 Å². The molecule has 0 radical (unpaired) electrons. The van der Waals surface area contributed by atoms with Gasteiger partial charge in [0, 0.05) is 39.1 Å². The molecule has 2 aliphatic carbocycles. The Kier molecular flexibility index (Phi) is 9.60. The number of thioether (sulfide) groups is 1. The number of carbonyl (C=O) groups excluding carboxylic acids is 1. The summed E-state index contributed by atoms with van der Waals surface area (Å²) in [5, 5.41) is 39.5. The SMILES string of the molecule is CO[C@@H]1[C@@H](n2cc(-c3cc(F)c(F)c(F)c3)nn2)[C@@H](O)[C@@H](CO)O[C@H]1S[C@H](C(=O)N(C)CC1CC1)C1(O)CCC(F)(F)CC1. The number of nitrogens with zero attached hydrogens (tertiary/aromatic N) is 4. The zero-order valence-corrected chi connectivity index (χ0v) is 24.9. The van der Waals surface area contributed by atoms with Crippen LogP contribution in [0.5, 0.6) is 0 Å². The molecule has 2 saturated carbocycles. The van der Waals surface area contributed by atoms with E-state index in [9.17, 15) is 42.1 Å². The molecule has 2 aromatic rings. The summed E-state index contributed by atoms with van der Waals surface area (Å²) in [6.45, 7) is -0.230. The Morgan fingerprint density at radius 2 is 1.84 bits per heavy atom. The van der Waals surface area contributed by atoms with Crippen LogP contribution in [0.4, 0.5) is 22.0 Å². The predicted molar refractivity (Wildman–Crippen MR) is 147 cm³/mol. The fourth-order valence-electron chi connectivity index (χ4n) is 5.82. The minimum absolute atomic E-state index is 0.0618. The van der Waals surface area contributed by atoms with Crippen molar-refractivity contribution in [3.05, 3.63) is 35.8 Å². The molecular weight excluding hydrogens is 615 g/mol. The lowest BCUT2D eigenvalue weighted by atomic mass is 9.80. The summed E-state index contributed by atoms with van der Waals surface area (Å²) >= 11 is 0.858. The first kappa shape index (κ1) is 33.0. The van der Waals surface area contributed by atoms with Crippen LogP contribution >= 0.6 is 11.8 Å². The Hall–Kier alpha value is -2.37. The Labute approximate surface area is 254 Å². The first-order valence-electron chi connectivity index (χ1n) is 14.3. The highest BCUT2D eigenvalue weighted by Crippen LogP contribution is 2.47. The largest absolute Gasteiger partial charge is 0.394 e. The molecule has 3 fully saturated rings. The van der Waals surface area contributed by atoms with Crippen LogP contribution in [-0.2, 0) is 14.3 Å². The van der Waals surface area contributed by atoms with Gasteiger partial charge in [0.2, 0.25) is 11.8 Å². The number of halogens is 5. The van der Waals surface area contributed by atoms with Gasteiger partial charge in [0.25, 0.3) is 0 Å². The van der Waals surface area contributed by atoms with Gasteiger partial charge >= 0.3 is 0 Å². The zero-order chi connectivity index (χ0) is 32.0. The number of benzene rings is 1. The highest BCUT2D eigenvalue weighted by molar-refractivity contribution is 8.01. The van der Waals surface area contributed by atoms with Crippen molar-refractivity contribution in [2.24, 2.45) is 5.92 Å². The van der Waals surface area contributed by atoms with E-state index in [1.165, 1.54) is 18.2 Å². The number of aliphatic hydroxyl groups is 3. The number of hydrogen-bond donors (Lipinski definition) is 3. The molecule has 10 nitrogen and oxygen atoms in total. The molecule has 3 N–H and O–H groups in total. The second-order valence-corrected chi connectivity index (χ2v) is 13.1. The number of hydrogen-bond acceptors (Lipinski definition) is 9. The summed E-state index contributed by atoms with van der Waals surface area (Å²) in [5.74, 6) is -7.65. The number of aliphatic hydroxyl groups excluding tert-OH is 2. The van der Waals surface area contributed by atoms with Gasteiger partial charge in [-0.25, -0.2) is 26.6 Å². The van der Waals surface area contributed by atoms with E-state index in [4.69, 9.17) is 9.47 Å². The van der Waals surface area contributed by atoms with Crippen LogP contribution in [-0.4, -0.2) is 109 Å². The molecule has 16 heteroatoms. The maximum atomic E-state index is 14.1. The predicted octanol–water partition coefficient (Wildman–Crippen LogP) is 2.91. The third-order valence-electron chi connectivity index (χ3n) is 8.63. The average molecular weight is 651 g/mol. The van der Waals surface area contributed by atoms with Gasteiger partial charge in [-0.3, -0.25) is 4.79 Å². The van der Waals surface area contributed by atoms with Crippen LogP contribution in [0.15, 0.2) is 18.3 Å². The number of methoxy groups -OCH3 is 1. The highest BCUT2D eigenvalue weighted by Gasteiger charge is 2.54. The molecular formula is C28H35F5N4O6S. The highest BCUT2D eigenvalue weighted by atomic mass is 32.2. The molecule has 1 saturated heterocycles. The van der Waals surface area contributed by atoms with Gasteiger partial charge in [-0.1, -0.05) is 5.21 Å². The van der Waals surface area contributed by atoms with Crippen molar-refractivity contribution in [1.82, 2.24) is 19.9 Å². The summed E-state index contributed by atoms with van der Waals surface area (Å²) in [6, 6.07) is 0.336. The molecule has 0 spiro atoms. The molecule has 6 atom stereocenters. The van der Waals surface area contributed by atoms with Gasteiger partial charge in [0.1, 0.15) is 40.7 Å². The molecule has 244 valence electrons. The van der Waals surface area contributed by atoms with E-state index < -0.39 is 89.4 Å². The standard InChI is InChI=1S/C28H35F5N4O6S/c1-36(11-14-3-4-14)25(40)24(27(41)5-7-28(32,33)8-6-27)44-26-23(42-2)21(22(39)19(13-38)43-26)37-12-18(34-35-37)15-9-16(29)20(31)17(30)10-15/h9-10,12,14,19,21-24,26,38-39,41H,3-8,11,13H2,1-2H3/t19-,21+,22+,23-,24-,26+/m1/s1. The van der Waals surface area contributed by atoms with Crippen LogP contribution in [0.3, 0.4) is 0 Å². The summed E-state index contributed by atoms with van der Waals surface area (Å²) < 4.78 is 82.3. The van der Waals surface area contributed by atoms with E-state index in [2.05, 4.69) is 10.3 Å². The molecule has 2 heterocycles. The first-order valence-corrected chi connectivity index (χ1v) is 15.3. The second-order valence-electron chi connectivity index (χ2n) is 11.9. The Balaban J connectivity index is 1.46. The second kappa shape index (κ2) is 12.8. The Morgan fingerprint density at radius 1 is 1.20 bits per heavy atom. The van der Waals surface area contributed by atoms with Gasteiger partial charge in [-0.15, -0.1) is 16.9 Å². The lowest BCUT2D eigenvalue weighted by Crippen LogP contribution is -2.59. The third-order valence-corrected chi connectivity index (χ3v) is 10.2. The van der Waals surface area contributed by atoms with Crippen LogP contribution < -0.4 is 0 Å². The Morgan fingerprint density at radius 3 is 2.41 bits per heavy atom. The van der Waals surface area contributed by atoms with E-state index in [1.807, 2.05) is 0 Å². The quantitative estimate of drug-likeness (QED) is 0.263. The van der Waals surface area contributed by atoms with Crippen molar-refractivity contribution in [3.63, 3.8) is 0 Å². The van der Waals surface area contributed by atoms with Crippen LogP contribution in [0.25, 0.3) is 11.3 Å². The number of amides is 1. The summed E-state index contributed by atoms with van der Waals surface area (Å²) in [5.41, 5.74) is -3.13. The number of carbonyl (C=O) groups is 1. The molecule has 1 aliphatic heterocycles. The van der Waals surface area contributed by atoms with Crippen LogP contribution in [0.2, 0.25) is 0 Å². The Bertz CT molecular complexity index is 1320. The van der Waals surface area contributed by atoms with E-state index >= 15 is 0 Å². The number of aromatic nitrogens is 3. The molecule has 44 heavy (non-hydrogen) atoms. The van der Waals surface area contributed by atoms with E-state index in [0.29, 0.717) is 12.5 Å². The molecule has 5 rings (SSSR count). The van der Waals surface area contributed by atoms with Gasteiger partial charge in [-0.2, -0.15) is 0 Å². The molecule has 3 aliphatic rings. The zero-order valence-electron chi connectivity index (χ0n) is 24.1. The summed E-state index contributed by atoms with van der Waals surface area (Å²) in [7, 11) is 2.89. The van der Waals surface area contributed by atoms with Gasteiger partial charge in [-0.05, 0) is 43.7 Å². The fourth-order valence-corrected chi connectivity index (χ4v) is 7.51. The van der Waals surface area contributed by atoms with Crippen molar-refractivity contribution in [2.75, 3.05) is 27.3 Å². The first-order chi connectivity index (χ1) is 20.8. The van der Waals surface area contributed by atoms with Gasteiger partial charge in [0.15, 0.2) is 17.5 Å². The molecule has 0 unspecified atom stereocenters. The van der Waals surface area contributed by atoms with Crippen molar-refractivity contribution < 1.29 is 51.5 Å². The monoisotopic (exact) mass is 650 g/mol. The van der Waals surface area contributed by atoms with Crippen molar-refractivity contribution in [1.29, 1.82) is 0 Å². The molecule has 1 amide bonds. The molecule has 1 aromatic carbocycles. The van der Waals surface area contributed by atoms with E-state index in [0.717, 1.165) is 41.4 Å². The van der Waals surface area contributed by atoms with E-state index in [1.54, 1.807) is 7.05 Å². The van der Waals surface area contributed by atoms with Crippen LogP contribution in [0.1, 0.15) is 44.6 Å². The summed E-state index contributed by atoms with van der Waals surface area (Å²) in [4.78, 5) is 15.3. The van der Waals surface area contributed by atoms with Gasteiger partial charge in [0.05, 0.1) is 18.4 Å². The maximum absolute atomic E-state index is 14.1. The number of rotatable bonds is 10. The summed E-state index contributed by atoms with van der Waals surface area (Å²) in [6.07, 6.45) is -2.52. The lowest BCUT2D eigenvalue weighted by Gasteiger charge is -2.47. The molecule has 0 bridgehead atoms. The maximum Gasteiger partial charge on any atom is 0.248 e. The number of alkyl halides is 2.